The second-order valence-electron chi connectivity index (χ2n) is 5.04. The van der Waals surface area contributed by atoms with Crippen LogP contribution in [-0.2, 0) is 6.42 Å². The lowest BCUT2D eigenvalue weighted by Gasteiger charge is -2.07. The summed E-state index contributed by atoms with van der Waals surface area (Å²) in [6.45, 7) is 1.02. The molecular formula is C15H20N2O2. The molecule has 1 saturated carbocycles. The van der Waals surface area contributed by atoms with E-state index in [0.717, 1.165) is 36.0 Å². The van der Waals surface area contributed by atoms with Crippen LogP contribution >= 0.6 is 0 Å². The molecule has 0 atom stereocenters. The van der Waals surface area contributed by atoms with Crippen molar-refractivity contribution < 1.29 is 9.47 Å². The van der Waals surface area contributed by atoms with Crippen molar-refractivity contribution in [3.8, 4) is 11.5 Å². The van der Waals surface area contributed by atoms with Gasteiger partial charge in [-0.1, -0.05) is 0 Å². The molecule has 0 bridgehead atoms. The van der Waals surface area contributed by atoms with Crippen molar-refractivity contribution in [2.24, 2.45) is 0 Å². The Kier molecular flexibility index (Phi) is 3.34. The third-order valence-corrected chi connectivity index (χ3v) is 3.67. The highest BCUT2D eigenvalue weighted by molar-refractivity contribution is 5.90. The Morgan fingerprint density at radius 1 is 1.26 bits per heavy atom. The topological polar surface area (TPSA) is 46.3 Å². The van der Waals surface area contributed by atoms with Crippen molar-refractivity contribution in [1.82, 2.24) is 10.3 Å². The van der Waals surface area contributed by atoms with E-state index in [1.165, 1.54) is 23.8 Å². The Morgan fingerprint density at radius 2 is 2.11 bits per heavy atom. The maximum atomic E-state index is 5.41. The monoisotopic (exact) mass is 260 g/mol. The molecule has 19 heavy (non-hydrogen) atoms. The van der Waals surface area contributed by atoms with Crippen molar-refractivity contribution in [3.63, 3.8) is 0 Å². The van der Waals surface area contributed by atoms with Gasteiger partial charge in [-0.3, -0.25) is 0 Å². The molecule has 3 rings (SSSR count). The lowest BCUT2D eigenvalue weighted by molar-refractivity contribution is 0.397. The molecule has 0 spiro atoms. The fraction of sp³-hybridized carbons (Fsp3) is 0.467. The van der Waals surface area contributed by atoms with Crippen LogP contribution in [0.25, 0.3) is 10.9 Å². The molecule has 2 aromatic rings. The van der Waals surface area contributed by atoms with E-state index in [9.17, 15) is 0 Å². The third kappa shape index (κ3) is 2.54. The molecule has 1 fully saturated rings. The Bertz CT molecular complexity index is 573. The minimum atomic E-state index is 0.759. The molecule has 4 heteroatoms. The number of aromatic nitrogens is 1. The number of aromatic amines is 1. The van der Waals surface area contributed by atoms with Crippen LogP contribution < -0.4 is 14.8 Å². The van der Waals surface area contributed by atoms with E-state index < -0.39 is 0 Å². The van der Waals surface area contributed by atoms with E-state index in [1.807, 2.05) is 6.07 Å². The van der Waals surface area contributed by atoms with E-state index in [1.54, 1.807) is 14.2 Å². The SMILES string of the molecule is COc1cc(OC)c2[nH]cc(CCNC3CC3)c2c1. The fourth-order valence-electron chi connectivity index (χ4n) is 2.41. The number of rotatable bonds is 6. The second kappa shape index (κ2) is 5.13. The van der Waals surface area contributed by atoms with Crippen molar-refractivity contribution in [3.05, 3.63) is 23.9 Å². The molecule has 0 aliphatic heterocycles. The van der Waals surface area contributed by atoms with Gasteiger partial charge in [-0.25, -0.2) is 0 Å². The van der Waals surface area contributed by atoms with Crippen LogP contribution in [0, 0.1) is 0 Å². The molecule has 1 aliphatic carbocycles. The highest BCUT2D eigenvalue weighted by atomic mass is 16.5. The van der Waals surface area contributed by atoms with Crippen molar-refractivity contribution in [2.45, 2.75) is 25.3 Å². The second-order valence-corrected chi connectivity index (χ2v) is 5.04. The minimum Gasteiger partial charge on any atom is -0.497 e. The zero-order valence-electron chi connectivity index (χ0n) is 11.5. The molecular weight excluding hydrogens is 240 g/mol. The number of hydrogen-bond donors (Lipinski definition) is 2. The number of nitrogens with one attached hydrogen (secondary N) is 2. The van der Waals surface area contributed by atoms with Crippen LogP contribution in [0.5, 0.6) is 11.5 Å². The van der Waals surface area contributed by atoms with Crippen LogP contribution in [0.15, 0.2) is 18.3 Å². The predicted octanol–water partition coefficient (Wildman–Crippen LogP) is 2.48. The summed E-state index contributed by atoms with van der Waals surface area (Å²) in [5.74, 6) is 1.66. The lowest BCUT2D eigenvalue weighted by Crippen LogP contribution is -2.19. The van der Waals surface area contributed by atoms with Crippen LogP contribution in [0.4, 0.5) is 0 Å². The fourth-order valence-corrected chi connectivity index (χ4v) is 2.41. The van der Waals surface area contributed by atoms with Crippen LogP contribution in [-0.4, -0.2) is 31.8 Å². The maximum absolute atomic E-state index is 5.41. The third-order valence-electron chi connectivity index (χ3n) is 3.67. The number of ether oxygens (including phenoxy) is 2. The molecule has 0 amide bonds. The average molecular weight is 260 g/mol. The van der Waals surface area contributed by atoms with Crippen molar-refractivity contribution in [1.29, 1.82) is 0 Å². The van der Waals surface area contributed by atoms with Crippen molar-refractivity contribution >= 4 is 10.9 Å². The zero-order valence-corrected chi connectivity index (χ0v) is 11.5. The van der Waals surface area contributed by atoms with Crippen LogP contribution in [0.3, 0.4) is 0 Å². The summed E-state index contributed by atoms with van der Waals surface area (Å²) in [4.78, 5) is 3.30. The van der Waals surface area contributed by atoms with Gasteiger partial charge in [-0.2, -0.15) is 0 Å². The number of benzene rings is 1. The number of fused-ring (bicyclic) bond motifs is 1. The summed E-state index contributed by atoms with van der Waals surface area (Å²) in [5.41, 5.74) is 2.35. The van der Waals surface area contributed by atoms with E-state index in [2.05, 4.69) is 22.6 Å². The lowest BCUT2D eigenvalue weighted by atomic mass is 10.1. The summed E-state index contributed by atoms with van der Waals surface area (Å²) in [5, 5.41) is 4.73. The van der Waals surface area contributed by atoms with Gasteiger partial charge in [-0.05, 0) is 37.4 Å². The van der Waals surface area contributed by atoms with Gasteiger partial charge in [0.15, 0.2) is 0 Å². The van der Waals surface area contributed by atoms with E-state index in [4.69, 9.17) is 9.47 Å². The molecule has 1 aromatic carbocycles. The summed E-state index contributed by atoms with van der Waals surface area (Å²) in [7, 11) is 3.37. The molecule has 0 unspecified atom stereocenters. The molecule has 1 aliphatic rings. The van der Waals surface area contributed by atoms with E-state index in [-0.39, 0.29) is 0 Å². The van der Waals surface area contributed by atoms with Gasteiger partial charge < -0.3 is 19.8 Å². The standard InChI is InChI=1S/C15H20N2O2/c1-18-12-7-13-10(5-6-16-11-3-4-11)9-17-15(13)14(8-12)19-2/h7-9,11,16-17H,3-6H2,1-2H3. The minimum absolute atomic E-state index is 0.759. The van der Waals surface area contributed by atoms with Gasteiger partial charge in [0, 0.05) is 23.7 Å². The molecule has 4 nitrogen and oxygen atoms in total. The Labute approximate surface area is 113 Å². The number of hydrogen-bond acceptors (Lipinski definition) is 3. The molecule has 1 aromatic heterocycles. The Balaban J connectivity index is 1.86. The molecule has 1 heterocycles. The summed E-state index contributed by atoms with van der Waals surface area (Å²) in [6.07, 6.45) is 5.75. The Hall–Kier alpha value is -1.68. The van der Waals surface area contributed by atoms with Gasteiger partial charge in [0.1, 0.15) is 11.5 Å². The summed E-state index contributed by atoms with van der Waals surface area (Å²) >= 11 is 0. The Morgan fingerprint density at radius 3 is 2.79 bits per heavy atom. The first-order chi connectivity index (χ1) is 9.31. The molecule has 102 valence electrons. The normalized spacial score (nSPS) is 14.8. The maximum Gasteiger partial charge on any atom is 0.146 e. The van der Waals surface area contributed by atoms with Gasteiger partial charge in [0.25, 0.3) is 0 Å². The average Bonchev–Trinajstić information content (AvgIpc) is 3.18. The first-order valence-electron chi connectivity index (χ1n) is 6.77. The zero-order chi connectivity index (χ0) is 13.2. The van der Waals surface area contributed by atoms with Crippen LogP contribution in [0.1, 0.15) is 18.4 Å². The van der Waals surface area contributed by atoms with Crippen molar-refractivity contribution in [2.75, 3.05) is 20.8 Å². The largest absolute Gasteiger partial charge is 0.497 e. The first-order valence-corrected chi connectivity index (χ1v) is 6.77. The van der Waals surface area contributed by atoms with Crippen LogP contribution in [0.2, 0.25) is 0 Å². The number of methoxy groups -OCH3 is 2. The van der Waals surface area contributed by atoms with E-state index >= 15 is 0 Å². The van der Waals surface area contributed by atoms with Gasteiger partial charge in [0.05, 0.1) is 19.7 Å². The predicted molar refractivity (Wildman–Crippen MR) is 76.1 cm³/mol. The summed E-state index contributed by atoms with van der Waals surface area (Å²) < 4.78 is 10.7. The van der Waals surface area contributed by atoms with Gasteiger partial charge in [-0.15, -0.1) is 0 Å². The van der Waals surface area contributed by atoms with Gasteiger partial charge in [0.2, 0.25) is 0 Å². The molecule has 0 radical (unpaired) electrons. The quantitative estimate of drug-likeness (QED) is 0.838. The first kappa shape index (κ1) is 12.4. The van der Waals surface area contributed by atoms with Gasteiger partial charge >= 0.3 is 0 Å². The number of H-pyrrole nitrogens is 1. The van der Waals surface area contributed by atoms with E-state index in [0.29, 0.717) is 0 Å². The highest BCUT2D eigenvalue weighted by Gasteiger charge is 2.20. The molecule has 0 saturated heterocycles. The smallest absolute Gasteiger partial charge is 0.146 e. The summed E-state index contributed by atoms with van der Waals surface area (Å²) in [6, 6.07) is 4.74. The molecule has 2 N–H and O–H groups in total. The highest BCUT2D eigenvalue weighted by Crippen LogP contribution is 2.32.